The number of pyridine rings is 1. The minimum absolute atomic E-state index is 0.221. The lowest BCUT2D eigenvalue weighted by atomic mass is 10.1. The van der Waals surface area contributed by atoms with E-state index in [1.807, 2.05) is 0 Å². The number of alkyl halides is 2. The van der Waals surface area contributed by atoms with Crippen molar-refractivity contribution >= 4 is 29.2 Å². The summed E-state index contributed by atoms with van der Waals surface area (Å²) in [5.74, 6) is -0.973. The average Bonchev–Trinajstić information content (AvgIpc) is 2.20. The van der Waals surface area contributed by atoms with E-state index in [1.165, 1.54) is 0 Å². The topological polar surface area (TPSA) is 39.2 Å². The molecular formula is C8H5Cl2F2NO2. The fourth-order valence-corrected chi connectivity index (χ4v) is 1.33. The van der Waals surface area contributed by atoms with E-state index in [-0.39, 0.29) is 10.2 Å². The van der Waals surface area contributed by atoms with Crippen molar-refractivity contribution in [3.05, 3.63) is 27.5 Å². The van der Waals surface area contributed by atoms with E-state index < -0.39 is 23.5 Å². The van der Waals surface area contributed by atoms with Crippen LogP contribution in [0, 0.1) is 0 Å². The molecule has 0 aliphatic carbocycles. The average molecular weight is 256 g/mol. The van der Waals surface area contributed by atoms with Crippen LogP contribution in [0.25, 0.3) is 0 Å². The Morgan fingerprint density at radius 2 is 2.13 bits per heavy atom. The number of ether oxygens (including phenoxy) is 1. The molecule has 1 aromatic heterocycles. The summed E-state index contributed by atoms with van der Waals surface area (Å²) < 4.78 is 29.3. The Bertz CT molecular complexity index is 398. The van der Waals surface area contributed by atoms with Crippen molar-refractivity contribution in [1.29, 1.82) is 0 Å². The number of carbonyl (C=O) groups excluding carboxylic acids is 1. The molecule has 0 saturated carbocycles. The number of nitrogens with zero attached hydrogens (tertiary/aromatic N) is 1. The van der Waals surface area contributed by atoms with Gasteiger partial charge in [-0.25, -0.2) is 18.6 Å². The molecule has 0 unspecified atom stereocenters. The second-order valence-corrected chi connectivity index (χ2v) is 3.22. The van der Waals surface area contributed by atoms with Crippen molar-refractivity contribution in [3.63, 3.8) is 0 Å². The first-order chi connectivity index (χ1) is 6.99. The van der Waals surface area contributed by atoms with E-state index >= 15 is 0 Å². The summed E-state index contributed by atoms with van der Waals surface area (Å²) in [6.07, 6.45) is -2.08. The molecule has 0 atom stereocenters. The number of carbonyl (C=O) groups is 1. The summed E-state index contributed by atoms with van der Waals surface area (Å²) in [6.45, 7) is 0. The first-order valence-electron chi connectivity index (χ1n) is 3.69. The Hall–Kier alpha value is -0.940. The first kappa shape index (κ1) is 12.1. The molecule has 1 aromatic rings. The number of esters is 1. The molecule has 7 heteroatoms. The van der Waals surface area contributed by atoms with Gasteiger partial charge in [-0.3, -0.25) is 0 Å². The Labute approximate surface area is 94.0 Å². The number of methoxy groups -OCH3 is 1. The van der Waals surface area contributed by atoms with Crippen molar-refractivity contribution < 1.29 is 18.3 Å². The summed E-state index contributed by atoms with van der Waals surface area (Å²) in [6, 6.07) is 0. The third-order valence-electron chi connectivity index (χ3n) is 1.63. The van der Waals surface area contributed by atoms with Crippen LogP contribution in [0.5, 0.6) is 0 Å². The Kier molecular flexibility index (Phi) is 3.82. The second-order valence-electron chi connectivity index (χ2n) is 2.49. The molecule has 1 heterocycles. The third kappa shape index (κ3) is 2.35. The van der Waals surface area contributed by atoms with E-state index in [0.717, 1.165) is 13.3 Å². The summed E-state index contributed by atoms with van der Waals surface area (Å²) in [7, 11) is 1.06. The molecule has 0 saturated heterocycles. The van der Waals surface area contributed by atoms with Crippen LogP contribution in [0.15, 0.2) is 6.20 Å². The summed E-state index contributed by atoms with van der Waals surface area (Å²) in [4.78, 5) is 14.6. The van der Waals surface area contributed by atoms with Crippen molar-refractivity contribution in [2.75, 3.05) is 7.11 Å². The minimum atomic E-state index is -2.87. The van der Waals surface area contributed by atoms with Crippen molar-refractivity contribution in [2.24, 2.45) is 0 Å². The van der Waals surface area contributed by atoms with Crippen LogP contribution >= 0.6 is 23.2 Å². The maximum absolute atomic E-state index is 12.5. The lowest BCUT2D eigenvalue weighted by Crippen LogP contribution is -2.08. The predicted molar refractivity (Wildman–Crippen MR) is 50.6 cm³/mol. The van der Waals surface area contributed by atoms with Gasteiger partial charge in [-0.15, -0.1) is 0 Å². The minimum Gasteiger partial charge on any atom is -0.465 e. The van der Waals surface area contributed by atoms with Gasteiger partial charge in [0.05, 0.1) is 23.3 Å². The Morgan fingerprint density at radius 1 is 1.53 bits per heavy atom. The van der Waals surface area contributed by atoms with Gasteiger partial charge in [0.25, 0.3) is 6.43 Å². The van der Waals surface area contributed by atoms with E-state index in [2.05, 4.69) is 9.72 Å². The number of halogens is 4. The molecule has 82 valence electrons. The first-order valence-corrected chi connectivity index (χ1v) is 4.45. The Morgan fingerprint density at radius 3 is 2.60 bits per heavy atom. The molecule has 3 nitrogen and oxygen atoms in total. The molecule has 0 aliphatic heterocycles. The lowest BCUT2D eigenvalue weighted by molar-refractivity contribution is 0.0589. The van der Waals surface area contributed by atoms with Gasteiger partial charge in [-0.2, -0.15) is 0 Å². The molecule has 0 spiro atoms. The zero-order chi connectivity index (χ0) is 11.6. The zero-order valence-corrected chi connectivity index (χ0v) is 8.94. The van der Waals surface area contributed by atoms with Gasteiger partial charge in [-0.1, -0.05) is 23.2 Å². The molecule has 15 heavy (non-hydrogen) atoms. The highest BCUT2D eigenvalue weighted by Gasteiger charge is 2.24. The van der Waals surface area contributed by atoms with Gasteiger partial charge in [0.15, 0.2) is 0 Å². The van der Waals surface area contributed by atoms with E-state index in [9.17, 15) is 13.6 Å². The zero-order valence-electron chi connectivity index (χ0n) is 7.43. The maximum atomic E-state index is 12.5. The molecule has 0 bridgehead atoms. The second kappa shape index (κ2) is 4.72. The maximum Gasteiger partial charge on any atom is 0.340 e. The van der Waals surface area contributed by atoms with Crippen LogP contribution in [0.3, 0.4) is 0 Å². The highest BCUT2D eigenvalue weighted by molar-refractivity contribution is 6.43. The largest absolute Gasteiger partial charge is 0.465 e. The van der Waals surface area contributed by atoms with Crippen LogP contribution in [-0.4, -0.2) is 18.1 Å². The molecular weight excluding hydrogens is 251 g/mol. The van der Waals surface area contributed by atoms with E-state index in [0.29, 0.717) is 0 Å². The van der Waals surface area contributed by atoms with Crippen LogP contribution < -0.4 is 0 Å². The van der Waals surface area contributed by atoms with Crippen molar-refractivity contribution in [1.82, 2.24) is 4.98 Å². The molecule has 1 rings (SSSR count). The van der Waals surface area contributed by atoms with Gasteiger partial charge in [0, 0.05) is 6.20 Å². The quantitative estimate of drug-likeness (QED) is 0.602. The SMILES string of the molecule is COC(=O)c1c(C(F)F)cnc(Cl)c1Cl. The van der Waals surface area contributed by atoms with Gasteiger partial charge >= 0.3 is 5.97 Å². The molecule has 0 N–H and O–H groups in total. The predicted octanol–water partition coefficient (Wildman–Crippen LogP) is 3.11. The van der Waals surface area contributed by atoms with Crippen molar-refractivity contribution in [3.8, 4) is 0 Å². The number of aromatic nitrogens is 1. The normalized spacial score (nSPS) is 10.5. The molecule has 0 radical (unpaired) electrons. The van der Waals surface area contributed by atoms with Gasteiger partial charge in [0.1, 0.15) is 5.15 Å². The van der Waals surface area contributed by atoms with Crippen LogP contribution in [0.2, 0.25) is 10.2 Å². The number of hydrogen-bond donors (Lipinski definition) is 0. The monoisotopic (exact) mass is 255 g/mol. The van der Waals surface area contributed by atoms with E-state index in [1.54, 1.807) is 0 Å². The summed E-state index contributed by atoms with van der Waals surface area (Å²) in [5, 5.41) is -0.553. The molecule has 0 amide bonds. The van der Waals surface area contributed by atoms with Gasteiger partial charge in [-0.05, 0) is 0 Å². The lowest BCUT2D eigenvalue weighted by Gasteiger charge is -2.08. The highest BCUT2D eigenvalue weighted by Crippen LogP contribution is 2.32. The van der Waals surface area contributed by atoms with Crippen LogP contribution in [-0.2, 0) is 4.74 Å². The van der Waals surface area contributed by atoms with Gasteiger partial charge in [0.2, 0.25) is 0 Å². The van der Waals surface area contributed by atoms with Crippen LogP contribution in [0.1, 0.15) is 22.3 Å². The van der Waals surface area contributed by atoms with Gasteiger partial charge < -0.3 is 4.74 Å². The highest BCUT2D eigenvalue weighted by atomic mass is 35.5. The van der Waals surface area contributed by atoms with Crippen molar-refractivity contribution in [2.45, 2.75) is 6.43 Å². The molecule has 0 aliphatic rings. The Balaban J connectivity index is 3.41. The molecule has 0 aromatic carbocycles. The standard InChI is InChI=1S/C8H5Cl2F2NO2/c1-15-8(14)4-3(7(11)12)2-13-6(10)5(4)9/h2,7H,1H3. The number of rotatable bonds is 2. The number of hydrogen-bond acceptors (Lipinski definition) is 3. The summed E-state index contributed by atoms with van der Waals surface area (Å²) >= 11 is 11.1. The third-order valence-corrected chi connectivity index (χ3v) is 2.38. The van der Waals surface area contributed by atoms with E-state index in [4.69, 9.17) is 23.2 Å². The smallest absolute Gasteiger partial charge is 0.340 e. The molecule has 0 fully saturated rings. The van der Waals surface area contributed by atoms with Crippen LogP contribution in [0.4, 0.5) is 8.78 Å². The fraction of sp³-hybridized carbons (Fsp3) is 0.250. The summed E-state index contributed by atoms with van der Waals surface area (Å²) in [5.41, 5.74) is -1.05. The fourth-order valence-electron chi connectivity index (χ4n) is 0.952.